The molecule has 37 heavy (non-hydrogen) atoms. The summed E-state index contributed by atoms with van der Waals surface area (Å²) in [5.74, 6) is 0. The highest BCUT2D eigenvalue weighted by atomic mass is 15.2. The van der Waals surface area contributed by atoms with Crippen molar-refractivity contribution in [2.45, 2.75) is 123 Å². The van der Waals surface area contributed by atoms with E-state index >= 15 is 0 Å². The molecule has 4 rings (SSSR count). The topological polar surface area (TPSA) is 73.8 Å². The molecular weight excluding hydrogens is 456 g/mol. The lowest BCUT2D eigenvalue weighted by Gasteiger charge is -2.38. The largest absolute Gasteiger partial charge is 0.382 e. The molecule has 3 saturated heterocycles. The van der Waals surface area contributed by atoms with E-state index in [2.05, 4.69) is 98.8 Å². The first-order valence-electron chi connectivity index (χ1n) is 15.0. The van der Waals surface area contributed by atoms with Gasteiger partial charge in [-0.25, -0.2) is 0 Å². The quantitative estimate of drug-likeness (QED) is 0.512. The fraction of sp³-hybridized carbons (Fsp3) is 0.806. The molecule has 0 aliphatic carbocycles. The standard InChI is InChI=1S/C14H22N2.C9H20N2.C8H18N2/c1-12(2)16-10-8-14(9-11-16)15-13-6-4-3-5-7-13;1-8(2)11-6-4-9(3,10)5-7-11;1-7(2)10-5-3-8(9)4-6-10/h3-7,12,14-15H,8-11H2,1-2H3;8H,4-7,10H2,1-3H3;7-8H,3-6,9H2,1-2H3. The van der Waals surface area contributed by atoms with Crippen LogP contribution in [0.2, 0.25) is 0 Å². The van der Waals surface area contributed by atoms with Gasteiger partial charge in [0, 0.05) is 67.6 Å². The Bertz CT molecular complexity index is 694. The van der Waals surface area contributed by atoms with Crippen LogP contribution in [0.3, 0.4) is 0 Å². The van der Waals surface area contributed by atoms with Gasteiger partial charge in [-0.05, 0) is 112 Å². The van der Waals surface area contributed by atoms with Crippen LogP contribution in [0.1, 0.15) is 87.0 Å². The SMILES string of the molecule is CC(C)N1CCC(C)(N)CC1.CC(C)N1CCC(N)CC1.CC(C)N1CCC(Nc2ccccc2)CC1. The number of para-hydroxylation sites is 1. The second-order valence-corrected chi connectivity index (χ2v) is 12.7. The van der Waals surface area contributed by atoms with E-state index in [4.69, 9.17) is 11.5 Å². The van der Waals surface area contributed by atoms with Gasteiger partial charge in [-0.15, -0.1) is 0 Å². The molecule has 0 spiro atoms. The van der Waals surface area contributed by atoms with E-state index in [1.807, 2.05) is 0 Å². The average molecular weight is 517 g/mol. The van der Waals surface area contributed by atoms with Crippen LogP contribution in [-0.2, 0) is 0 Å². The van der Waals surface area contributed by atoms with E-state index in [0.29, 0.717) is 30.2 Å². The van der Waals surface area contributed by atoms with Crippen LogP contribution in [-0.4, -0.2) is 89.7 Å². The molecule has 1 aromatic rings. The number of likely N-dealkylation sites (tertiary alicyclic amines) is 3. The monoisotopic (exact) mass is 516 g/mol. The smallest absolute Gasteiger partial charge is 0.0342 e. The fourth-order valence-electron chi connectivity index (χ4n) is 5.32. The molecule has 0 radical (unpaired) electrons. The number of nitrogens with zero attached hydrogens (tertiary/aromatic N) is 3. The third kappa shape index (κ3) is 12.5. The zero-order valence-corrected chi connectivity index (χ0v) is 25.3. The molecule has 0 amide bonds. The van der Waals surface area contributed by atoms with Crippen molar-refractivity contribution < 1.29 is 0 Å². The van der Waals surface area contributed by atoms with Gasteiger partial charge in [-0.3, -0.25) is 0 Å². The Labute approximate surface area is 229 Å². The minimum atomic E-state index is 0.103. The summed E-state index contributed by atoms with van der Waals surface area (Å²) in [5, 5.41) is 3.61. The minimum absolute atomic E-state index is 0.103. The van der Waals surface area contributed by atoms with E-state index < -0.39 is 0 Å². The van der Waals surface area contributed by atoms with Gasteiger partial charge in [0.2, 0.25) is 0 Å². The predicted octanol–water partition coefficient (Wildman–Crippen LogP) is 5.00. The summed E-state index contributed by atoms with van der Waals surface area (Å²) in [6.45, 7) is 22.9. The molecule has 3 fully saturated rings. The number of piperidine rings is 3. The lowest BCUT2D eigenvalue weighted by molar-refractivity contribution is 0.140. The van der Waals surface area contributed by atoms with Gasteiger partial charge in [0.1, 0.15) is 0 Å². The molecule has 6 heteroatoms. The van der Waals surface area contributed by atoms with E-state index in [0.717, 1.165) is 12.8 Å². The molecule has 3 aliphatic heterocycles. The first-order chi connectivity index (χ1) is 17.5. The van der Waals surface area contributed by atoms with Crippen LogP contribution >= 0.6 is 0 Å². The molecule has 1 aromatic carbocycles. The molecular formula is C31H60N6. The van der Waals surface area contributed by atoms with Crippen molar-refractivity contribution in [1.82, 2.24) is 14.7 Å². The maximum absolute atomic E-state index is 6.01. The van der Waals surface area contributed by atoms with E-state index in [9.17, 15) is 0 Å². The van der Waals surface area contributed by atoms with Crippen LogP contribution in [0, 0.1) is 0 Å². The molecule has 6 nitrogen and oxygen atoms in total. The zero-order valence-electron chi connectivity index (χ0n) is 25.3. The Kier molecular flexibility index (Phi) is 13.9. The molecule has 214 valence electrons. The molecule has 0 bridgehead atoms. The highest BCUT2D eigenvalue weighted by molar-refractivity contribution is 5.43. The third-order valence-corrected chi connectivity index (χ3v) is 8.38. The number of nitrogens with two attached hydrogens (primary N) is 2. The summed E-state index contributed by atoms with van der Waals surface area (Å²) < 4.78 is 0. The van der Waals surface area contributed by atoms with Crippen molar-refractivity contribution in [2.24, 2.45) is 11.5 Å². The van der Waals surface area contributed by atoms with Gasteiger partial charge in [0.15, 0.2) is 0 Å². The van der Waals surface area contributed by atoms with Gasteiger partial charge in [0.25, 0.3) is 0 Å². The number of hydrogen-bond donors (Lipinski definition) is 3. The summed E-state index contributed by atoms with van der Waals surface area (Å²) in [6.07, 6.45) is 7.16. The molecule has 0 unspecified atom stereocenters. The van der Waals surface area contributed by atoms with Crippen molar-refractivity contribution in [3.8, 4) is 0 Å². The van der Waals surface area contributed by atoms with Crippen molar-refractivity contribution in [3.63, 3.8) is 0 Å². The zero-order chi connectivity index (χ0) is 27.4. The van der Waals surface area contributed by atoms with Gasteiger partial charge in [-0.2, -0.15) is 0 Å². The second kappa shape index (κ2) is 16.0. The Balaban J connectivity index is 0.000000203. The van der Waals surface area contributed by atoms with Crippen molar-refractivity contribution in [1.29, 1.82) is 0 Å². The fourth-order valence-corrected chi connectivity index (χ4v) is 5.32. The molecule has 3 aliphatic rings. The summed E-state index contributed by atoms with van der Waals surface area (Å²) in [6, 6.07) is 13.7. The highest BCUT2D eigenvalue weighted by Gasteiger charge is 2.26. The third-order valence-electron chi connectivity index (χ3n) is 8.38. The van der Waals surface area contributed by atoms with Crippen molar-refractivity contribution >= 4 is 5.69 Å². The molecule has 3 heterocycles. The van der Waals surface area contributed by atoms with Crippen LogP contribution in [0.25, 0.3) is 0 Å². The molecule has 5 N–H and O–H groups in total. The lowest BCUT2D eigenvalue weighted by atomic mass is 9.90. The second-order valence-electron chi connectivity index (χ2n) is 12.7. The van der Waals surface area contributed by atoms with Crippen LogP contribution in [0.5, 0.6) is 0 Å². The van der Waals surface area contributed by atoms with Crippen LogP contribution in [0.4, 0.5) is 5.69 Å². The van der Waals surface area contributed by atoms with Crippen LogP contribution in [0.15, 0.2) is 30.3 Å². The Morgan fingerprint density at radius 1 is 0.703 bits per heavy atom. The number of rotatable bonds is 5. The summed E-state index contributed by atoms with van der Waals surface area (Å²) in [5.41, 5.74) is 13.1. The maximum Gasteiger partial charge on any atom is 0.0342 e. The minimum Gasteiger partial charge on any atom is -0.382 e. The number of nitrogens with one attached hydrogen (secondary N) is 1. The summed E-state index contributed by atoms with van der Waals surface area (Å²) >= 11 is 0. The first-order valence-corrected chi connectivity index (χ1v) is 15.0. The number of hydrogen-bond acceptors (Lipinski definition) is 6. The summed E-state index contributed by atoms with van der Waals surface area (Å²) in [7, 11) is 0. The van der Waals surface area contributed by atoms with Gasteiger partial charge < -0.3 is 31.5 Å². The van der Waals surface area contributed by atoms with Crippen molar-refractivity contribution in [2.75, 3.05) is 44.6 Å². The van der Waals surface area contributed by atoms with E-state index in [-0.39, 0.29) is 5.54 Å². The predicted molar refractivity (Wildman–Crippen MR) is 162 cm³/mol. The molecule has 0 aromatic heterocycles. The van der Waals surface area contributed by atoms with Gasteiger partial charge in [0.05, 0.1) is 0 Å². The van der Waals surface area contributed by atoms with E-state index in [1.54, 1.807) is 0 Å². The molecule has 0 saturated carbocycles. The highest BCUT2D eigenvalue weighted by Crippen LogP contribution is 2.20. The number of anilines is 1. The van der Waals surface area contributed by atoms with Crippen LogP contribution < -0.4 is 16.8 Å². The maximum atomic E-state index is 6.01. The Morgan fingerprint density at radius 3 is 1.54 bits per heavy atom. The Morgan fingerprint density at radius 2 is 1.11 bits per heavy atom. The van der Waals surface area contributed by atoms with Gasteiger partial charge >= 0.3 is 0 Å². The first kappa shape index (κ1) is 32.0. The lowest BCUT2D eigenvalue weighted by Crippen LogP contribution is -2.49. The van der Waals surface area contributed by atoms with Crippen molar-refractivity contribution in [3.05, 3.63) is 30.3 Å². The van der Waals surface area contributed by atoms with Gasteiger partial charge in [-0.1, -0.05) is 18.2 Å². The van der Waals surface area contributed by atoms with E-state index in [1.165, 1.54) is 70.6 Å². The molecule has 0 atom stereocenters. The Hall–Kier alpha value is -1.18. The summed E-state index contributed by atoms with van der Waals surface area (Å²) in [4.78, 5) is 7.54. The average Bonchev–Trinajstić information content (AvgIpc) is 2.86. The normalized spacial score (nSPS) is 22.4. The number of benzene rings is 1.